The van der Waals surface area contributed by atoms with E-state index in [0.29, 0.717) is 5.92 Å². The number of rotatable bonds is 7. The highest BCUT2D eigenvalue weighted by atomic mass is 16.5. The molecule has 0 radical (unpaired) electrons. The van der Waals surface area contributed by atoms with Gasteiger partial charge in [0.1, 0.15) is 12.0 Å². The summed E-state index contributed by atoms with van der Waals surface area (Å²) in [6.45, 7) is 4.68. The van der Waals surface area contributed by atoms with Gasteiger partial charge in [0.2, 0.25) is 0 Å². The molecule has 2 heterocycles. The average Bonchev–Trinajstić information content (AvgIpc) is 3.08. The summed E-state index contributed by atoms with van der Waals surface area (Å²) in [5.74, 6) is 1.59. The van der Waals surface area contributed by atoms with Crippen LogP contribution in [-0.2, 0) is 13.1 Å². The first kappa shape index (κ1) is 16.0. The zero-order valence-electron chi connectivity index (χ0n) is 13.7. The lowest BCUT2D eigenvalue weighted by Gasteiger charge is -2.22. The second kappa shape index (κ2) is 8.13. The number of hydrogen-bond donors (Lipinski definition) is 1. The van der Waals surface area contributed by atoms with Gasteiger partial charge < -0.3 is 14.6 Å². The van der Waals surface area contributed by atoms with Crippen LogP contribution >= 0.6 is 0 Å². The van der Waals surface area contributed by atoms with Crippen molar-refractivity contribution >= 4 is 0 Å². The van der Waals surface area contributed by atoms with Crippen LogP contribution in [0, 0.1) is 5.92 Å². The van der Waals surface area contributed by atoms with Gasteiger partial charge in [0.25, 0.3) is 0 Å². The van der Waals surface area contributed by atoms with Crippen molar-refractivity contribution < 1.29 is 9.26 Å². The molecule has 5 nitrogen and oxygen atoms in total. The van der Waals surface area contributed by atoms with Crippen molar-refractivity contribution in [2.24, 2.45) is 5.92 Å². The van der Waals surface area contributed by atoms with Crippen molar-refractivity contribution in [3.63, 3.8) is 0 Å². The summed E-state index contributed by atoms with van der Waals surface area (Å²) in [5, 5.41) is 7.36. The van der Waals surface area contributed by atoms with Crippen LogP contribution in [0.15, 0.2) is 41.1 Å². The first-order valence-electron chi connectivity index (χ1n) is 8.30. The van der Waals surface area contributed by atoms with Crippen molar-refractivity contribution in [1.82, 2.24) is 15.4 Å². The molecule has 0 saturated carbocycles. The molecule has 0 amide bonds. The standard InChI is InChI=1S/C18H25N3O2/c1-21(13-17-8-10-23-20-17)12-15-4-6-18(7-5-15)22-14-16-3-2-9-19-11-16/h4-8,10,16,19H,2-3,9,11-14H2,1H3/t16-/m0/s1. The highest BCUT2D eigenvalue weighted by Crippen LogP contribution is 2.17. The minimum Gasteiger partial charge on any atom is -0.493 e. The summed E-state index contributed by atoms with van der Waals surface area (Å²) in [6, 6.07) is 10.3. The van der Waals surface area contributed by atoms with E-state index < -0.39 is 0 Å². The van der Waals surface area contributed by atoms with Crippen LogP contribution in [0.4, 0.5) is 0 Å². The number of nitrogens with one attached hydrogen (secondary N) is 1. The molecule has 3 rings (SSSR count). The van der Waals surface area contributed by atoms with E-state index >= 15 is 0 Å². The summed E-state index contributed by atoms with van der Waals surface area (Å²) >= 11 is 0. The van der Waals surface area contributed by atoms with E-state index in [0.717, 1.165) is 44.2 Å². The Kier molecular flexibility index (Phi) is 5.66. The molecule has 1 saturated heterocycles. The lowest BCUT2D eigenvalue weighted by atomic mass is 10.0. The van der Waals surface area contributed by atoms with E-state index in [-0.39, 0.29) is 0 Å². The zero-order valence-corrected chi connectivity index (χ0v) is 13.7. The fraction of sp³-hybridized carbons (Fsp3) is 0.500. The van der Waals surface area contributed by atoms with Gasteiger partial charge in [-0.15, -0.1) is 0 Å². The first-order chi connectivity index (χ1) is 11.3. The molecule has 1 atom stereocenters. The Labute approximate surface area is 137 Å². The molecule has 1 aromatic heterocycles. The van der Waals surface area contributed by atoms with E-state index in [9.17, 15) is 0 Å². The van der Waals surface area contributed by atoms with Crippen LogP contribution in [0.5, 0.6) is 5.75 Å². The van der Waals surface area contributed by atoms with Gasteiger partial charge in [0.05, 0.1) is 12.3 Å². The Morgan fingerprint density at radius 1 is 1.26 bits per heavy atom. The van der Waals surface area contributed by atoms with Crippen LogP contribution in [0.3, 0.4) is 0 Å². The minimum atomic E-state index is 0.636. The summed E-state index contributed by atoms with van der Waals surface area (Å²) in [6.07, 6.45) is 4.12. The summed E-state index contributed by atoms with van der Waals surface area (Å²) < 4.78 is 10.8. The van der Waals surface area contributed by atoms with Gasteiger partial charge in [-0.2, -0.15) is 0 Å². The fourth-order valence-electron chi connectivity index (χ4n) is 2.93. The molecule has 0 aliphatic carbocycles. The maximum Gasteiger partial charge on any atom is 0.124 e. The van der Waals surface area contributed by atoms with Crippen molar-refractivity contribution in [3.8, 4) is 5.75 Å². The van der Waals surface area contributed by atoms with Gasteiger partial charge >= 0.3 is 0 Å². The third kappa shape index (κ3) is 5.08. The molecule has 1 aliphatic heterocycles. The first-order valence-corrected chi connectivity index (χ1v) is 8.30. The van der Waals surface area contributed by atoms with Gasteiger partial charge in [0, 0.05) is 31.6 Å². The molecule has 0 bridgehead atoms. The molecule has 0 spiro atoms. The molecule has 0 unspecified atom stereocenters. The van der Waals surface area contributed by atoms with E-state index in [2.05, 4.69) is 46.7 Å². The summed E-state index contributed by atoms with van der Waals surface area (Å²) in [5.41, 5.74) is 2.22. The molecular weight excluding hydrogens is 290 g/mol. The lowest BCUT2D eigenvalue weighted by molar-refractivity contribution is 0.218. The maximum atomic E-state index is 5.91. The van der Waals surface area contributed by atoms with E-state index in [1.165, 1.54) is 18.4 Å². The van der Waals surface area contributed by atoms with E-state index in [4.69, 9.17) is 9.26 Å². The molecule has 23 heavy (non-hydrogen) atoms. The van der Waals surface area contributed by atoms with Crippen LogP contribution in [-0.4, -0.2) is 36.8 Å². The highest BCUT2D eigenvalue weighted by molar-refractivity contribution is 5.27. The second-order valence-corrected chi connectivity index (χ2v) is 6.33. The third-order valence-electron chi connectivity index (χ3n) is 4.18. The largest absolute Gasteiger partial charge is 0.493 e. The molecular formula is C18H25N3O2. The number of nitrogens with zero attached hydrogens (tertiary/aromatic N) is 2. The molecule has 5 heteroatoms. The van der Waals surface area contributed by atoms with Gasteiger partial charge in [-0.05, 0) is 44.1 Å². The van der Waals surface area contributed by atoms with Crippen molar-refractivity contribution in [1.29, 1.82) is 0 Å². The van der Waals surface area contributed by atoms with Crippen LogP contribution < -0.4 is 10.1 Å². The smallest absolute Gasteiger partial charge is 0.124 e. The normalized spacial score (nSPS) is 18.3. The number of hydrogen-bond acceptors (Lipinski definition) is 5. The fourth-order valence-corrected chi connectivity index (χ4v) is 2.93. The molecule has 124 valence electrons. The molecule has 1 aliphatic rings. The lowest BCUT2D eigenvalue weighted by Crippen LogP contribution is -2.33. The van der Waals surface area contributed by atoms with Crippen LogP contribution in [0.2, 0.25) is 0 Å². The third-order valence-corrected chi connectivity index (χ3v) is 4.18. The van der Waals surface area contributed by atoms with E-state index in [1.807, 2.05) is 6.07 Å². The van der Waals surface area contributed by atoms with Crippen molar-refractivity contribution in [3.05, 3.63) is 47.9 Å². The molecule has 1 aromatic carbocycles. The topological polar surface area (TPSA) is 50.5 Å². The monoisotopic (exact) mass is 315 g/mol. The van der Waals surface area contributed by atoms with Gasteiger partial charge in [-0.25, -0.2) is 0 Å². The SMILES string of the molecule is CN(Cc1ccc(OC[C@H]2CCCNC2)cc1)Cc1ccon1. The van der Waals surface area contributed by atoms with Gasteiger partial charge in [-0.1, -0.05) is 17.3 Å². The predicted molar refractivity (Wildman–Crippen MR) is 89.2 cm³/mol. The van der Waals surface area contributed by atoms with Gasteiger partial charge in [0.15, 0.2) is 0 Å². The van der Waals surface area contributed by atoms with Crippen LogP contribution in [0.25, 0.3) is 0 Å². The Bertz CT molecular complexity index is 562. The number of benzene rings is 1. The van der Waals surface area contributed by atoms with Crippen LogP contribution in [0.1, 0.15) is 24.1 Å². The predicted octanol–water partition coefficient (Wildman–Crippen LogP) is 2.69. The Morgan fingerprint density at radius 2 is 2.13 bits per heavy atom. The second-order valence-electron chi connectivity index (χ2n) is 6.33. The quantitative estimate of drug-likeness (QED) is 0.851. The number of piperidine rings is 1. The average molecular weight is 315 g/mol. The summed E-state index contributed by atoms with van der Waals surface area (Å²) in [7, 11) is 2.08. The Balaban J connectivity index is 1.44. The minimum absolute atomic E-state index is 0.636. The van der Waals surface area contributed by atoms with Crippen molar-refractivity contribution in [2.75, 3.05) is 26.7 Å². The molecule has 1 N–H and O–H groups in total. The molecule has 2 aromatic rings. The summed E-state index contributed by atoms with van der Waals surface area (Å²) in [4.78, 5) is 2.21. The zero-order chi connectivity index (χ0) is 15.9. The highest BCUT2D eigenvalue weighted by Gasteiger charge is 2.13. The van der Waals surface area contributed by atoms with Gasteiger partial charge in [-0.3, -0.25) is 4.90 Å². The Morgan fingerprint density at radius 3 is 2.83 bits per heavy atom. The van der Waals surface area contributed by atoms with E-state index in [1.54, 1.807) is 6.26 Å². The van der Waals surface area contributed by atoms with Crippen molar-refractivity contribution in [2.45, 2.75) is 25.9 Å². The Hall–Kier alpha value is -1.85. The maximum absolute atomic E-state index is 5.91. The molecule has 1 fully saturated rings. The number of ether oxygens (including phenoxy) is 1. The number of aromatic nitrogens is 1.